The van der Waals surface area contributed by atoms with Crippen LogP contribution in [0.15, 0.2) is 24.3 Å². The van der Waals surface area contributed by atoms with E-state index in [1.807, 2.05) is 31.2 Å². The largest absolute Gasteiger partial charge is 0.368 e. The van der Waals surface area contributed by atoms with E-state index < -0.39 is 0 Å². The molecule has 1 aliphatic rings. The Labute approximate surface area is 129 Å². The average Bonchev–Trinajstić information content (AvgIpc) is 2.47. The van der Waals surface area contributed by atoms with E-state index in [0.717, 1.165) is 30.5 Å². The zero-order chi connectivity index (χ0) is 15.5. The quantitative estimate of drug-likeness (QED) is 0.904. The number of anilines is 3. The van der Waals surface area contributed by atoms with Gasteiger partial charge in [-0.25, -0.2) is 0 Å². The standard InChI is InChI=1S/C16H19N5O/c1-10-5-4-6-11(9-10)18-16-20-14(19-15(17)21-16)12-7-2-3-8-13(12)22/h4-6,9,12H,2-3,7-8H2,1H3,(H3,17,18,19,20,21)/t12-/m1/s1. The molecule has 3 rings (SSSR count). The Morgan fingerprint density at radius 3 is 2.86 bits per heavy atom. The maximum absolute atomic E-state index is 12.1. The summed E-state index contributed by atoms with van der Waals surface area (Å²) in [4.78, 5) is 24.7. The van der Waals surface area contributed by atoms with Crippen LogP contribution in [0.1, 0.15) is 43.0 Å². The predicted octanol–water partition coefficient (Wildman–Crippen LogP) is 2.73. The van der Waals surface area contributed by atoms with Crippen LogP contribution in [0.5, 0.6) is 0 Å². The zero-order valence-electron chi connectivity index (χ0n) is 12.5. The first-order valence-electron chi connectivity index (χ1n) is 7.49. The second-order valence-corrected chi connectivity index (χ2v) is 5.63. The molecule has 0 amide bonds. The maximum Gasteiger partial charge on any atom is 0.232 e. The molecule has 0 aliphatic heterocycles. The number of carbonyl (C=O) groups is 1. The van der Waals surface area contributed by atoms with Gasteiger partial charge >= 0.3 is 0 Å². The second kappa shape index (κ2) is 6.09. The molecule has 1 atom stereocenters. The molecule has 0 unspecified atom stereocenters. The van der Waals surface area contributed by atoms with Gasteiger partial charge in [-0.1, -0.05) is 18.6 Å². The number of Topliss-reactive ketones (excluding diaryl/α,β-unsaturated/α-hetero) is 1. The van der Waals surface area contributed by atoms with Crippen molar-refractivity contribution in [2.45, 2.75) is 38.5 Å². The van der Waals surface area contributed by atoms with Crippen LogP contribution in [-0.4, -0.2) is 20.7 Å². The third-order valence-corrected chi connectivity index (χ3v) is 3.81. The van der Waals surface area contributed by atoms with Gasteiger partial charge in [-0.05, 0) is 37.5 Å². The Morgan fingerprint density at radius 2 is 2.09 bits per heavy atom. The van der Waals surface area contributed by atoms with Gasteiger partial charge in [-0.3, -0.25) is 4.79 Å². The summed E-state index contributed by atoms with van der Waals surface area (Å²) in [5.41, 5.74) is 7.80. The minimum Gasteiger partial charge on any atom is -0.368 e. The van der Waals surface area contributed by atoms with Crippen molar-refractivity contribution in [2.24, 2.45) is 0 Å². The molecule has 1 aromatic carbocycles. The van der Waals surface area contributed by atoms with Crippen LogP contribution in [0.3, 0.4) is 0 Å². The van der Waals surface area contributed by atoms with Gasteiger partial charge < -0.3 is 11.1 Å². The second-order valence-electron chi connectivity index (χ2n) is 5.63. The third-order valence-electron chi connectivity index (χ3n) is 3.81. The lowest BCUT2D eigenvalue weighted by atomic mass is 9.87. The molecule has 0 spiro atoms. The van der Waals surface area contributed by atoms with Gasteiger partial charge in [-0.15, -0.1) is 0 Å². The van der Waals surface area contributed by atoms with Crippen LogP contribution in [0.4, 0.5) is 17.6 Å². The number of ketones is 1. The van der Waals surface area contributed by atoms with Crippen LogP contribution in [0, 0.1) is 6.92 Å². The first kappa shape index (κ1) is 14.4. The minimum absolute atomic E-state index is 0.138. The molecular weight excluding hydrogens is 278 g/mol. The lowest BCUT2D eigenvalue weighted by Gasteiger charge is -2.19. The van der Waals surface area contributed by atoms with E-state index in [-0.39, 0.29) is 17.6 Å². The number of aryl methyl sites for hydroxylation is 1. The molecule has 1 heterocycles. The van der Waals surface area contributed by atoms with Crippen molar-refractivity contribution in [1.29, 1.82) is 0 Å². The number of benzene rings is 1. The monoisotopic (exact) mass is 297 g/mol. The molecular formula is C16H19N5O. The summed E-state index contributed by atoms with van der Waals surface area (Å²) in [6.07, 6.45) is 3.34. The Balaban J connectivity index is 1.88. The van der Waals surface area contributed by atoms with E-state index in [9.17, 15) is 4.79 Å². The van der Waals surface area contributed by atoms with E-state index >= 15 is 0 Å². The number of nitrogens with zero attached hydrogens (tertiary/aromatic N) is 3. The van der Waals surface area contributed by atoms with E-state index in [4.69, 9.17) is 5.73 Å². The van der Waals surface area contributed by atoms with E-state index in [1.54, 1.807) is 0 Å². The SMILES string of the molecule is Cc1cccc(Nc2nc(N)nc([C@@H]3CCCCC3=O)n2)c1. The summed E-state index contributed by atoms with van der Waals surface area (Å²) in [5.74, 6) is 0.938. The lowest BCUT2D eigenvalue weighted by Crippen LogP contribution is -2.21. The molecule has 1 aromatic heterocycles. The fourth-order valence-corrected chi connectivity index (χ4v) is 2.73. The highest BCUT2D eigenvalue weighted by Crippen LogP contribution is 2.28. The van der Waals surface area contributed by atoms with Gasteiger partial charge in [0, 0.05) is 12.1 Å². The van der Waals surface area contributed by atoms with Crippen molar-refractivity contribution in [3.8, 4) is 0 Å². The van der Waals surface area contributed by atoms with Gasteiger partial charge in [0.05, 0.1) is 5.92 Å². The van der Waals surface area contributed by atoms with Crippen LogP contribution >= 0.6 is 0 Å². The number of hydrogen-bond acceptors (Lipinski definition) is 6. The van der Waals surface area contributed by atoms with Crippen LogP contribution in [-0.2, 0) is 4.79 Å². The number of hydrogen-bond donors (Lipinski definition) is 2. The number of nitrogens with one attached hydrogen (secondary N) is 1. The van der Waals surface area contributed by atoms with Crippen LogP contribution < -0.4 is 11.1 Å². The molecule has 0 bridgehead atoms. The minimum atomic E-state index is -0.253. The van der Waals surface area contributed by atoms with Gasteiger partial charge in [0.1, 0.15) is 11.6 Å². The summed E-state index contributed by atoms with van der Waals surface area (Å²) in [6.45, 7) is 2.01. The van der Waals surface area contributed by atoms with Gasteiger partial charge in [0.25, 0.3) is 0 Å². The molecule has 114 valence electrons. The first-order valence-corrected chi connectivity index (χ1v) is 7.49. The average molecular weight is 297 g/mol. The topological polar surface area (TPSA) is 93.8 Å². The van der Waals surface area contributed by atoms with Crippen LogP contribution in [0.25, 0.3) is 0 Å². The zero-order valence-corrected chi connectivity index (χ0v) is 12.5. The summed E-state index contributed by atoms with van der Waals surface area (Å²) < 4.78 is 0. The molecule has 0 radical (unpaired) electrons. The van der Waals surface area contributed by atoms with Gasteiger partial charge in [0.15, 0.2) is 0 Å². The maximum atomic E-state index is 12.1. The highest BCUT2D eigenvalue weighted by Gasteiger charge is 2.27. The third kappa shape index (κ3) is 3.21. The van der Waals surface area contributed by atoms with Crippen molar-refractivity contribution < 1.29 is 4.79 Å². The smallest absolute Gasteiger partial charge is 0.232 e. The van der Waals surface area contributed by atoms with Crippen molar-refractivity contribution in [1.82, 2.24) is 15.0 Å². The van der Waals surface area contributed by atoms with Crippen molar-refractivity contribution in [3.63, 3.8) is 0 Å². The van der Waals surface area contributed by atoms with Gasteiger partial charge in [-0.2, -0.15) is 15.0 Å². The molecule has 3 N–H and O–H groups in total. The highest BCUT2D eigenvalue weighted by molar-refractivity contribution is 5.85. The molecule has 6 heteroatoms. The lowest BCUT2D eigenvalue weighted by molar-refractivity contribution is -0.122. The molecule has 1 saturated carbocycles. The fraction of sp³-hybridized carbons (Fsp3) is 0.375. The number of aromatic nitrogens is 3. The Bertz CT molecular complexity index is 701. The number of nitrogen functional groups attached to an aromatic ring is 1. The Morgan fingerprint density at radius 1 is 1.23 bits per heavy atom. The highest BCUT2D eigenvalue weighted by atomic mass is 16.1. The van der Waals surface area contributed by atoms with E-state index in [2.05, 4.69) is 20.3 Å². The Hall–Kier alpha value is -2.50. The molecule has 1 aliphatic carbocycles. The Kier molecular flexibility index (Phi) is 4.00. The fourth-order valence-electron chi connectivity index (χ4n) is 2.73. The molecule has 22 heavy (non-hydrogen) atoms. The van der Waals surface area contributed by atoms with E-state index in [0.29, 0.717) is 18.2 Å². The predicted molar refractivity (Wildman–Crippen MR) is 84.9 cm³/mol. The van der Waals surface area contributed by atoms with Crippen molar-refractivity contribution in [2.75, 3.05) is 11.1 Å². The first-order chi connectivity index (χ1) is 10.6. The molecule has 6 nitrogen and oxygen atoms in total. The van der Waals surface area contributed by atoms with Crippen LogP contribution in [0.2, 0.25) is 0 Å². The number of rotatable bonds is 3. The normalized spacial score (nSPS) is 18.2. The van der Waals surface area contributed by atoms with Crippen molar-refractivity contribution in [3.05, 3.63) is 35.7 Å². The summed E-state index contributed by atoms with van der Waals surface area (Å²) >= 11 is 0. The number of carbonyl (C=O) groups excluding carboxylic acids is 1. The molecule has 0 saturated heterocycles. The summed E-state index contributed by atoms with van der Waals surface area (Å²) in [7, 11) is 0. The summed E-state index contributed by atoms with van der Waals surface area (Å²) in [6, 6.07) is 7.89. The van der Waals surface area contributed by atoms with Gasteiger partial charge in [0.2, 0.25) is 11.9 Å². The van der Waals surface area contributed by atoms with Crippen molar-refractivity contribution >= 4 is 23.4 Å². The summed E-state index contributed by atoms with van der Waals surface area (Å²) in [5, 5.41) is 3.13. The molecule has 2 aromatic rings. The molecule has 1 fully saturated rings. The van der Waals surface area contributed by atoms with E-state index in [1.165, 1.54) is 0 Å². The number of nitrogens with two attached hydrogens (primary N) is 1.